The first-order chi connectivity index (χ1) is 26.1. The molecule has 0 saturated carbocycles. The largest absolute Gasteiger partial charge is 0.507 e. The number of nitrogens with zero attached hydrogens (tertiary/aromatic N) is 3. The fourth-order valence-corrected chi connectivity index (χ4v) is 5.82. The fourth-order valence-electron chi connectivity index (χ4n) is 5.82. The van der Waals surface area contributed by atoms with Crippen LogP contribution in [-0.2, 0) is 12.8 Å². The van der Waals surface area contributed by atoms with Gasteiger partial charge in [0.1, 0.15) is 29.3 Å². The quantitative estimate of drug-likeness (QED) is 0.0743. The molecule has 0 saturated heterocycles. The third-order valence-corrected chi connectivity index (χ3v) is 8.57. The molecule has 0 aliphatic rings. The van der Waals surface area contributed by atoms with Crippen LogP contribution in [0, 0.1) is 31.6 Å². The Morgan fingerprint density at radius 3 is 1.44 bits per heavy atom. The van der Waals surface area contributed by atoms with Gasteiger partial charge in [0.25, 0.3) is 11.4 Å². The summed E-state index contributed by atoms with van der Waals surface area (Å²) in [6, 6.07) is 35.3. The van der Waals surface area contributed by atoms with Crippen molar-refractivity contribution in [2.45, 2.75) is 12.8 Å². The lowest BCUT2D eigenvalue weighted by Gasteiger charge is -2.14. The van der Waals surface area contributed by atoms with Crippen LogP contribution in [0.4, 0.5) is 11.4 Å². The van der Waals surface area contributed by atoms with Crippen LogP contribution in [0.15, 0.2) is 121 Å². The number of non-ortho nitro benzene ring substituents is 2. The Balaban J connectivity index is 0.000000208. The molecule has 6 aromatic rings. The van der Waals surface area contributed by atoms with E-state index in [1.165, 1.54) is 38.5 Å². The Bertz CT molecular complexity index is 2370. The van der Waals surface area contributed by atoms with E-state index in [1.54, 1.807) is 72.8 Å². The molecule has 0 heterocycles. The molecule has 0 aliphatic carbocycles. The summed E-state index contributed by atoms with van der Waals surface area (Å²) in [6.07, 6.45) is 1.66. The van der Waals surface area contributed by atoms with Crippen molar-refractivity contribution >= 4 is 17.7 Å². The number of carbonyl (C=O) groups excluding carboxylic acids is 1. The van der Waals surface area contributed by atoms with Crippen LogP contribution < -0.4 is 9.47 Å². The Kier molecular flexibility index (Phi) is 12.0. The van der Waals surface area contributed by atoms with Crippen LogP contribution in [0.5, 0.6) is 23.0 Å². The molecule has 0 aliphatic heterocycles. The topological polar surface area (TPSA) is 186 Å². The number of nitro benzene ring substituents is 2. The summed E-state index contributed by atoms with van der Waals surface area (Å²) in [5.74, 6) is 0.873. The number of carbonyl (C=O) groups is 1. The number of nitriles is 1. The maximum absolute atomic E-state index is 11.1. The van der Waals surface area contributed by atoms with E-state index in [0.717, 1.165) is 17.4 Å². The lowest BCUT2D eigenvalue weighted by Crippen LogP contribution is -1.96. The normalized spacial score (nSPS) is 10.3. The Labute approximate surface area is 310 Å². The van der Waals surface area contributed by atoms with E-state index in [4.69, 9.17) is 14.7 Å². The molecule has 2 N–H and O–H groups in total. The van der Waals surface area contributed by atoms with Gasteiger partial charge in [-0.15, -0.1) is 0 Å². The van der Waals surface area contributed by atoms with Gasteiger partial charge in [-0.2, -0.15) is 5.26 Å². The predicted octanol–water partition coefficient (Wildman–Crippen LogP) is 8.82. The second kappa shape index (κ2) is 17.1. The zero-order valence-electron chi connectivity index (χ0n) is 29.1. The Hall–Kier alpha value is -7.52. The van der Waals surface area contributed by atoms with E-state index in [2.05, 4.69) is 6.07 Å². The average Bonchev–Trinajstić information content (AvgIpc) is 3.20. The smallest absolute Gasteiger partial charge is 0.270 e. The molecule has 6 rings (SSSR count). The van der Waals surface area contributed by atoms with Gasteiger partial charge >= 0.3 is 0 Å². The molecule has 0 radical (unpaired) electrons. The first-order valence-electron chi connectivity index (χ1n) is 16.4. The van der Waals surface area contributed by atoms with E-state index in [9.17, 15) is 35.2 Å². The molecule has 0 aromatic heterocycles. The molecule has 0 atom stereocenters. The summed E-state index contributed by atoms with van der Waals surface area (Å²) in [4.78, 5) is 32.0. The highest BCUT2D eigenvalue weighted by molar-refractivity contribution is 5.81. The van der Waals surface area contributed by atoms with Crippen molar-refractivity contribution in [1.82, 2.24) is 0 Å². The Morgan fingerprint density at radius 1 is 0.648 bits per heavy atom. The number of phenolic OH excluding ortho intramolecular Hbond substituents is 2. The van der Waals surface area contributed by atoms with E-state index in [1.807, 2.05) is 24.3 Å². The summed E-state index contributed by atoms with van der Waals surface area (Å²) in [5.41, 5.74) is 5.98. The molecule has 270 valence electrons. The SMILES string of the molecule is COc1ccc(Cc2ccc(C#N)cc2)c(O)c1-c1cccc([N+](=O)[O-])c1.COc1ccc(Cc2ccc(C=O)cc2)c(O)c1-c1cccc([N+](=O)[O-])c1. The molecule has 0 fully saturated rings. The van der Waals surface area contributed by atoms with Crippen molar-refractivity contribution in [2.75, 3.05) is 14.2 Å². The number of phenols is 2. The first kappa shape index (κ1) is 37.7. The van der Waals surface area contributed by atoms with Crippen molar-refractivity contribution in [3.05, 3.63) is 175 Å². The van der Waals surface area contributed by atoms with Crippen molar-refractivity contribution in [2.24, 2.45) is 0 Å². The van der Waals surface area contributed by atoms with Gasteiger partial charge in [0.2, 0.25) is 0 Å². The monoisotopic (exact) mass is 723 g/mol. The minimum atomic E-state index is -0.481. The van der Waals surface area contributed by atoms with Crippen molar-refractivity contribution in [1.29, 1.82) is 5.26 Å². The highest BCUT2D eigenvalue weighted by Crippen LogP contribution is 2.43. The van der Waals surface area contributed by atoms with Crippen LogP contribution in [0.1, 0.15) is 38.2 Å². The molecule has 0 bridgehead atoms. The number of benzene rings is 6. The van der Waals surface area contributed by atoms with Crippen LogP contribution in [0.3, 0.4) is 0 Å². The van der Waals surface area contributed by atoms with Crippen LogP contribution >= 0.6 is 0 Å². The van der Waals surface area contributed by atoms with Crippen molar-refractivity contribution < 1.29 is 34.3 Å². The maximum atomic E-state index is 11.1. The molecule has 6 aromatic carbocycles. The number of methoxy groups -OCH3 is 2. The van der Waals surface area contributed by atoms with Crippen LogP contribution in [-0.4, -0.2) is 40.6 Å². The van der Waals surface area contributed by atoms with Gasteiger partial charge in [-0.05, 0) is 57.6 Å². The summed E-state index contributed by atoms with van der Waals surface area (Å²) in [6.45, 7) is 0. The molecule has 0 amide bonds. The minimum Gasteiger partial charge on any atom is -0.507 e. The molecule has 0 spiro atoms. The number of rotatable bonds is 11. The second-order valence-electron chi connectivity index (χ2n) is 11.9. The highest BCUT2D eigenvalue weighted by atomic mass is 16.6. The minimum absolute atomic E-state index is 0.00862. The summed E-state index contributed by atoms with van der Waals surface area (Å²) < 4.78 is 10.7. The number of ether oxygens (including phenoxy) is 2. The third kappa shape index (κ3) is 8.67. The van der Waals surface area contributed by atoms with E-state index >= 15 is 0 Å². The maximum Gasteiger partial charge on any atom is 0.270 e. The molecule has 54 heavy (non-hydrogen) atoms. The first-order valence-corrected chi connectivity index (χ1v) is 16.4. The number of aldehydes is 1. The van der Waals surface area contributed by atoms with Gasteiger partial charge in [0.15, 0.2) is 0 Å². The number of hydrogen-bond donors (Lipinski definition) is 2. The number of aromatic hydroxyl groups is 2. The number of hydrogen-bond acceptors (Lipinski definition) is 10. The average molecular weight is 724 g/mol. The highest BCUT2D eigenvalue weighted by Gasteiger charge is 2.19. The zero-order valence-corrected chi connectivity index (χ0v) is 29.1. The summed E-state index contributed by atoms with van der Waals surface area (Å²) in [5, 5.41) is 52.7. The standard InChI is InChI=1S/C21H16N2O4.C21H17NO5/c1-27-19-10-9-17(11-14-5-7-15(13-22)8-6-14)21(24)20(19)16-3-2-4-18(12-16)23(25)26;1-27-19-10-9-17(11-14-5-7-15(13-23)8-6-14)21(24)20(19)16-3-2-4-18(12-16)22(25)26/h2-10,12,24H,11H2,1H3;2-10,12-13,24H,11H2,1H3. The molecular weight excluding hydrogens is 690 g/mol. The van der Waals surface area contributed by atoms with Gasteiger partial charge in [0.05, 0.1) is 46.8 Å². The number of nitro groups is 2. The summed E-state index contributed by atoms with van der Waals surface area (Å²) in [7, 11) is 2.96. The van der Waals surface area contributed by atoms with Gasteiger partial charge in [-0.3, -0.25) is 25.0 Å². The van der Waals surface area contributed by atoms with E-state index < -0.39 is 9.85 Å². The zero-order chi connectivity index (χ0) is 38.8. The van der Waals surface area contributed by atoms with E-state index in [-0.39, 0.29) is 22.9 Å². The van der Waals surface area contributed by atoms with Gasteiger partial charge in [-0.1, -0.05) is 72.8 Å². The Morgan fingerprint density at radius 2 is 1.07 bits per heavy atom. The molecule has 12 nitrogen and oxygen atoms in total. The predicted molar refractivity (Wildman–Crippen MR) is 202 cm³/mol. The fraction of sp³-hybridized carbons (Fsp3) is 0.0952. The van der Waals surface area contributed by atoms with Gasteiger partial charge in [0, 0.05) is 42.7 Å². The molecule has 12 heteroatoms. The lowest BCUT2D eigenvalue weighted by atomic mass is 9.96. The van der Waals surface area contributed by atoms with Crippen LogP contribution in [0.25, 0.3) is 22.3 Å². The van der Waals surface area contributed by atoms with Crippen molar-refractivity contribution in [3.8, 4) is 51.3 Å². The summed E-state index contributed by atoms with van der Waals surface area (Å²) >= 11 is 0. The van der Waals surface area contributed by atoms with Crippen molar-refractivity contribution in [3.63, 3.8) is 0 Å². The van der Waals surface area contributed by atoms with Gasteiger partial charge in [-0.25, -0.2) is 0 Å². The van der Waals surface area contributed by atoms with Crippen LogP contribution in [0.2, 0.25) is 0 Å². The van der Waals surface area contributed by atoms with Gasteiger partial charge < -0.3 is 19.7 Å². The third-order valence-electron chi connectivity index (χ3n) is 8.57. The van der Waals surface area contributed by atoms with E-state index in [0.29, 0.717) is 68.8 Å². The lowest BCUT2D eigenvalue weighted by molar-refractivity contribution is -0.385. The molecular formula is C42H33N3O9. The molecule has 0 unspecified atom stereocenters. The second-order valence-corrected chi connectivity index (χ2v) is 11.9.